The van der Waals surface area contributed by atoms with Crippen LogP contribution in [0.1, 0.15) is 6.42 Å². The fraction of sp³-hybridized carbons (Fsp3) is 0.588. The third kappa shape index (κ3) is 1.51. The number of nitro groups is 2. The van der Waals surface area contributed by atoms with Crippen LogP contribution in [0.5, 0.6) is 0 Å². The van der Waals surface area contributed by atoms with Gasteiger partial charge in [-0.2, -0.15) is 5.10 Å². The van der Waals surface area contributed by atoms with Gasteiger partial charge in [0.25, 0.3) is 5.69 Å². The maximum atomic E-state index is 11.3. The zero-order valence-electron chi connectivity index (χ0n) is 13.5. The molecule has 9 heteroatoms. The maximum absolute atomic E-state index is 11.3. The van der Waals surface area contributed by atoms with Crippen LogP contribution in [0.25, 0.3) is 0 Å². The molecule has 0 aliphatic heterocycles. The second-order valence-electron chi connectivity index (χ2n) is 8.23. The molecule has 0 spiro atoms. The van der Waals surface area contributed by atoms with Gasteiger partial charge in [-0.15, -0.1) is 0 Å². The van der Waals surface area contributed by atoms with E-state index < -0.39 is 9.85 Å². The summed E-state index contributed by atoms with van der Waals surface area (Å²) >= 11 is 3.93. The van der Waals surface area contributed by atoms with Gasteiger partial charge in [-0.3, -0.25) is 25.7 Å². The summed E-state index contributed by atoms with van der Waals surface area (Å²) in [4.78, 5) is 21.5. The van der Waals surface area contributed by atoms with E-state index in [0.29, 0.717) is 22.6 Å². The Kier molecular flexibility index (Phi) is 2.68. The quantitative estimate of drug-likeness (QED) is 0.457. The van der Waals surface area contributed by atoms with Gasteiger partial charge < -0.3 is 0 Å². The van der Waals surface area contributed by atoms with Gasteiger partial charge >= 0.3 is 5.69 Å². The Bertz CT molecular complexity index is 918. The van der Waals surface area contributed by atoms with E-state index in [2.05, 4.69) is 26.5 Å². The van der Waals surface area contributed by atoms with Crippen molar-refractivity contribution in [2.45, 2.75) is 11.2 Å². The van der Waals surface area contributed by atoms with Crippen LogP contribution >= 0.6 is 15.9 Å². The summed E-state index contributed by atoms with van der Waals surface area (Å²) in [5.74, 6) is 5.54. The molecular formula is C17H15BrN4O4. The predicted octanol–water partition coefficient (Wildman–Crippen LogP) is 3.42. The van der Waals surface area contributed by atoms with E-state index in [0.717, 1.165) is 35.7 Å². The fourth-order valence-electron chi connectivity index (χ4n) is 7.38. The number of nitro benzene ring substituents is 2. The second kappa shape index (κ2) is 4.62. The van der Waals surface area contributed by atoms with Crippen LogP contribution in [-0.2, 0) is 0 Å². The number of anilines is 1. The van der Waals surface area contributed by atoms with E-state index in [4.69, 9.17) is 0 Å². The summed E-state index contributed by atoms with van der Waals surface area (Å²) in [5.41, 5.74) is 3.66. The molecule has 6 aliphatic rings. The van der Waals surface area contributed by atoms with E-state index in [1.807, 2.05) is 0 Å². The number of alkyl halides is 1. The molecule has 1 N–H and O–H groups in total. The van der Waals surface area contributed by atoms with E-state index in [1.54, 1.807) is 0 Å². The summed E-state index contributed by atoms with van der Waals surface area (Å²) in [6.45, 7) is 0. The van der Waals surface area contributed by atoms with Gasteiger partial charge in [0.2, 0.25) is 0 Å². The van der Waals surface area contributed by atoms with Crippen molar-refractivity contribution in [2.24, 2.45) is 52.4 Å². The molecule has 0 radical (unpaired) electrons. The molecule has 7 rings (SSSR count). The lowest BCUT2D eigenvalue weighted by atomic mass is 9.71. The lowest BCUT2D eigenvalue weighted by molar-refractivity contribution is -0.393. The second-order valence-corrected chi connectivity index (χ2v) is 9.29. The van der Waals surface area contributed by atoms with Gasteiger partial charge in [-0.05, 0) is 48.0 Å². The van der Waals surface area contributed by atoms with Gasteiger partial charge in [0.05, 0.1) is 15.9 Å². The molecule has 0 aromatic heterocycles. The van der Waals surface area contributed by atoms with Gasteiger partial charge in [0, 0.05) is 28.4 Å². The molecule has 0 amide bonds. The molecule has 6 saturated carbocycles. The first-order valence-electron chi connectivity index (χ1n) is 8.89. The van der Waals surface area contributed by atoms with Crippen LogP contribution in [0, 0.1) is 67.6 Å². The number of rotatable bonds is 4. The number of benzene rings is 1. The lowest BCUT2D eigenvalue weighted by Gasteiger charge is -2.32. The number of hydrazone groups is 1. The molecule has 0 saturated heterocycles. The van der Waals surface area contributed by atoms with Crippen molar-refractivity contribution >= 4 is 38.7 Å². The minimum Gasteiger partial charge on any atom is -0.272 e. The van der Waals surface area contributed by atoms with Crippen LogP contribution < -0.4 is 5.43 Å². The topological polar surface area (TPSA) is 111 Å². The Morgan fingerprint density at radius 2 is 1.81 bits per heavy atom. The molecule has 1 aromatic carbocycles. The van der Waals surface area contributed by atoms with E-state index >= 15 is 0 Å². The highest BCUT2D eigenvalue weighted by Gasteiger charge is 2.82. The average Bonchev–Trinajstić information content (AvgIpc) is 3.35. The van der Waals surface area contributed by atoms with Crippen molar-refractivity contribution < 1.29 is 9.85 Å². The van der Waals surface area contributed by atoms with Crippen molar-refractivity contribution in [3.8, 4) is 0 Å². The van der Waals surface area contributed by atoms with Crippen LogP contribution in [0.4, 0.5) is 17.1 Å². The first-order valence-corrected chi connectivity index (χ1v) is 9.81. The number of nitrogens with zero attached hydrogens (tertiary/aromatic N) is 3. The van der Waals surface area contributed by atoms with Crippen molar-refractivity contribution in [1.82, 2.24) is 0 Å². The van der Waals surface area contributed by atoms with Gasteiger partial charge in [0.15, 0.2) is 0 Å². The monoisotopic (exact) mass is 418 g/mol. The minimum atomic E-state index is -0.631. The largest absolute Gasteiger partial charge is 0.301 e. The number of halogens is 1. The summed E-state index contributed by atoms with van der Waals surface area (Å²) in [6, 6.07) is 3.63. The standard InChI is InChI=1S/C17H15BrN4O4/c18-16-12-6-4-7-10(12)15-14(16)11(6)13(7)17(15)20-19-8-2-1-5(21(23)24)3-9(8)22(25)26/h1-3,6-7,10-16,19H,4H2/b20-17-/t6-,7+,10+,11-,12-,13-,14-,15+,16+/m0/s1. The highest BCUT2D eigenvalue weighted by molar-refractivity contribution is 9.09. The van der Waals surface area contributed by atoms with Gasteiger partial charge in [-0.25, -0.2) is 0 Å². The zero-order valence-corrected chi connectivity index (χ0v) is 15.1. The third-order valence-corrected chi connectivity index (χ3v) is 8.96. The molecule has 1 aromatic rings. The predicted molar refractivity (Wildman–Crippen MR) is 96.1 cm³/mol. The van der Waals surface area contributed by atoms with Crippen LogP contribution in [-0.4, -0.2) is 20.4 Å². The first-order chi connectivity index (χ1) is 12.5. The number of hydrogen-bond donors (Lipinski definition) is 1. The Morgan fingerprint density at radius 1 is 1.04 bits per heavy atom. The van der Waals surface area contributed by atoms with E-state index in [-0.39, 0.29) is 17.1 Å². The lowest BCUT2D eigenvalue weighted by Crippen LogP contribution is -2.30. The van der Waals surface area contributed by atoms with Crippen molar-refractivity contribution in [1.29, 1.82) is 0 Å². The summed E-state index contributed by atoms with van der Waals surface area (Å²) < 4.78 is 0. The Balaban J connectivity index is 1.35. The van der Waals surface area contributed by atoms with Crippen LogP contribution in [0.2, 0.25) is 0 Å². The van der Waals surface area contributed by atoms with Crippen molar-refractivity contribution in [2.75, 3.05) is 5.43 Å². The number of hydrogen-bond acceptors (Lipinski definition) is 6. The summed E-state index contributed by atoms with van der Waals surface area (Å²) in [5, 5.41) is 26.8. The smallest absolute Gasteiger partial charge is 0.272 e. The molecule has 6 aliphatic carbocycles. The normalized spacial score (nSPS) is 46.8. The first kappa shape index (κ1) is 15.1. The molecule has 8 nitrogen and oxygen atoms in total. The third-order valence-electron chi connectivity index (χ3n) is 7.73. The molecule has 0 heterocycles. The highest BCUT2D eigenvalue weighted by Crippen LogP contribution is 2.82. The molecule has 0 unspecified atom stereocenters. The van der Waals surface area contributed by atoms with Crippen LogP contribution in [0.3, 0.4) is 0 Å². The molecule has 134 valence electrons. The Labute approximate surface area is 156 Å². The Hall–Kier alpha value is -2.03. The van der Waals surface area contributed by atoms with Gasteiger partial charge in [0.1, 0.15) is 5.69 Å². The average molecular weight is 419 g/mol. The van der Waals surface area contributed by atoms with E-state index in [1.165, 1.54) is 24.3 Å². The molecule has 6 fully saturated rings. The van der Waals surface area contributed by atoms with Crippen LogP contribution in [0.15, 0.2) is 23.3 Å². The highest BCUT2D eigenvalue weighted by atomic mass is 79.9. The Morgan fingerprint density at radius 3 is 2.50 bits per heavy atom. The minimum absolute atomic E-state index is 0.210. The molecule has 26 heavy (non-hydrogen) atoms. The molecule has 9 atom stereocenters. The molecule has 6 bridgehead atoms. The SMILES string of the molecule is O=[N+]([O-])c1ccc(N/N=C2/[C@H]3[C@@H]4C[C@@H]5[C@@H]6[C@@H](Br)[C@H]([C@H]2[C@H]46)[C@@H]53)c([N+](=O)[O-])c1. The summed E-state index contributed by atoms with van der Waals surface area (Å²) in [6.07, 6.45) is 1.32. The maximum Gasteiger partial charge on any atom is 0.301 e. The van der Waals surface area contributed by atoms with Crippen molar-refractivity contribution in [3.63, 3.8) is 0 Å². The summed E-state index contributed by atoms with van der Waals surface area (Å²) in [7, 11) is 0. The van der Waals surface area contributed by atoms with Crippen molar-refractivity contribution in [3.05, 3.63) is 38.4 Å². The zero-order chi connectivity index (χ0) is 17.9. The number of nitrogens with one attached hydrogen (secondary N) is 1. The van der Waals surface area contributed by atoms with Gasteiger partial charge in [-0.1, -0.05) is 15.9 Å². The molecular weight excluding hydrogens is 404 g/mol. The number of non-ortho nitro benzene ring substituents is 1. The fourth-order valence-corrected chi connectivity index (χ4v) is 8.80. The van der Waals surface area contributed by atoms with E-state index in [9.17, 15) is 20.2 Å².